The molecule has 0 aromatic heterocycles. The number of amides is 2. The second kappa shape index (κ2) is 13.3. The summed E-state index contributed by atoms with van der Waals surface area (Å²) in [6, 6.07) is 9.47. The minimum atomic E-state index is -3.80. The van der Waals surface area contributed by atoms with Crippen LogP contribution in [0.2, 0.25) is 10.0 Å². The molecule has 198 valence electrons. The molecule has 0 unspecified atom stereocenters. The molecule has 1 N–H and O–H groups in total. The van der Waals surface area contributed by atoms with Crippen LogP contribution in [0.25, 0.3) is 0 Å². The Morgan fingerprint density at radius 2 is 1.75 bits per heavy atom. The van der Waals surface area contributed by atoms with Crippen molar-refractivity contribution in [2.75, 3.05) is 23.7 Å². The summed E-state index contributed by atoms with van der Waals surface area (Å²) in [6.07, 6.45) is 3.14. The number of hydrogen-bond donors (Lipinski definition) is 1. The normalized spacial score (nSPS) is 12.2. The van der Waals surface area contributed by atoms with E-state index in [4.69, 9.17) is 23.2 Å². The van der Waals surface area contributed by atoms with Gasteiger partial charge in [0.05, 0.1) is 11.9 Å². The Kier molecular flexibility index (Phi) is 11.1. The standard InChI is InChI=1S/C26H35Cl2N3O4S/c1-6-8-13-29-26(33)23(7-2)30(16-20-10-11-21(27)15-22(20)28)25(32)17-31(36(5,34)35)24-12-9-18(3)14-19(24)4/h9-12,14-15,23H,6-8,13,16-17H2,1-5H3,(H,29,33)/t23-/m1/s1. The lowest BCUT2D eigenvalue weighted by atomic mass is 10.1. The maximum absolute atomic E-state index is 13.7. The summed E-state index contributed by atoms with van der Waals surface area (Å²) in [5.74, 6) is -0.800. The highest BCUT2D eigenvalue weighted by Crippen LogP contribution is 2.26. The summed E-state index contributed by atoms with van der Waals surface area (Å²) < 4.78 is 26.6. The van der Waals surface area contributed by atoms with Crippen molar-refractivity contribution < 1.29 is 18.0 Å². The minimum absolute atomic E-state index is 0.0268. The van der Waals surface area contributed by atoms with Crippen LogP contribution in [0.4, 0.5) is 5.69 Å². The summed E-state index contributed by atoms with van der Waals surface area (Å²) >= 11 is 12.4. The molecule has 0 aliphatic carbocycles. The van der Waals surface area contributed by atoms with Gasteiger partial charge in [0.15, 0.2) is 0 Å². The Morgan fingerprint density at radius 1 is 1.06 bits per heavy atom. The Labute approximate surface area is 224 Å². The second-order valence-corrected chi connectivity index (χ2v) is 11.6. The number of nitrogens with zero attached hydrogens (tertiary/aromatic N) is 2. The van der Waals surface area contributed by atoms with Crippen molar-refractivity contribution in [2.24, 2.45) is 0 Å². The quantitative estimate of drug-likeness (QED) is 0.369. The first kappa shape index (κ1) is 29.9. The molecule has 0 spiro atoms. The predicted molar refractivity (Wildman–Crippen MR) is 147 cm³/mol. The molecule has 2 amide bonds. The number of halogens is 2. The lowest BCUT2D eigenvalue weighted by Gasteiger charge is -2.33. The maximum atomic E-state index is 13.7. The van der Waals surface area contributed by atoms with Crippen molar-refractivity contribution in [3.05, 3.63) is 63.1 Å². The first-order valence-electron chi connectivity index (χ1n) is 11.9. The van der Waals surface area contributed by atoms with Crippen molar-refractivity contribution in [1.82, 2.24) is 10.2 Å². The molecule has 0 aliphatic heterocycles. The number of nitrogens with one attached hydrogen (secondary N) is 1. The van der Waals surface area contributed by atoms with E-state index in [0.717, 1.165) is 34.5 Å². The van der Waals surface area contributed by atoms with Gasteiger partial charge in [-0.15, -0.1) is 0 Å². The predicted octanol–water partition coefficient (Wildman–Crippen LogP) is 5.10. The molecule has 0 fully saturated rings. The number of aryl methyl sites for hydroxylation is 2. The van der Waals surface area contributed by atoms with Crippen molar-refractivity contribution in [2.45, 2.75) is 59.5 Å². The third kappa shape index (κ3) is 8.11. The van der Waals surface area contributed by atoms with Crippen molar-refractivity contribution in [1.29, 1.82) is 0 Å². The molecule has 2 aromatic carbocycles. The fourth-order valence-corrected chi connectivity index (χ4v) is 5.31. The van der Waals surface area contributed by atoms with E-state index in [-0.39, 0.29) is 12.5 Å². The number of carbonyl (C=O) groups is 2. The maximum Gasteiger partial charge on any atom is 0.244 e. The zero-order valence-corrected chi connectivity index (χ0v) is 23.8. The average molecular weight is 557 g/mol. The molecule has 7 nitrogen and oxygen atoms in total. The highest BCUT2D eigenvalue weighted by atomic mass is 35.5. The average Bonchev–Trinajstić information content (AvgIpc) is 2.78. The number of anilines is 1. The third-order valence-corrected chi connectivity index (χ3v) is 7.58. The summed E-state index contributed by atoms with van der Waals surface area (Å²) in [6.45, 7) is 7.61. The first-order chi connectivity index (χ1) is 16.9. The topological polar surface area (TPSA) is 86.8 Å². The van der Waals surface area contributed by atoms with Crippen molar-refractivity contribution in [3.8, 4) is 0 Å². The van der Waals surface area contributed by atoms with Gasteiger partial charge in [-0.05, 0) is 56.0 Å². The molecule has 1 atom stereocenters. The highest BCUT2D eigenvalue weighted by molar-refractivity contribution is 7.92. The minimum Gasteiger partial charge on any atom is -0.354 e. The van der Waals surface area contributed by atoms with Gasteiger partial charge >= 0.3 is 0 Å². The number of rotatable bonds is 12. The largest absolute Gasteiger partial charge is 0.354 e. The smallest absolute Gasteiger partial charge is 0.244 e. The van der Waals surface area contributed by atoms with Crippen LogP contribution in [0.3, 0.4) is 0 Å². The van der Waals surface area contributed by atoms with E-state index in [2.05, 4.69) is 5.32 Å². The Hall–Kier alpha value is -2.29. The molecule has 0 radical (unpaired) electrons. The van der Waals surface area contributed by atoms with Crippen LogP contribution >= 0.6 is 23.2 Å². The van der Waals surface area contributed by atoms with Crippen molar-refractivity contribution >= 4 is 50.7 Å². The second-order valence-electron chi connectivity index (χ2n) is 8.89. The fourth-order valence-electron chi connectivity index (χ4n) is 3.94. The third-order valence-electron chi connectivity index (χ3n) is 5.87. The molecule has 2 aromatic rings. The van der Waals surface area contributed by atoms with E-state index in [1.807, 2.05) is 26.8 Å². The van der Waals surface area contributed by atoms with Gasteiger partial charge in [0.2, 0.25) is 21.8 Å². The summed E-state index contributed by atoms with van der Waals surface area (Å²) in [5, 5.41) is 3.70. The van der Waals surface area contributed by atoms with Gasteiger partial charge in [-0.25, -0.2) is 8.42 Å². The molecule has 10 heteroatoms. The zero-order valence-electron chi connectivity index (χ0n) is 21.5. The summed E-state index contributed by atoms with van der Waals surface area (Å²) in [4.78, 5) is 28.2. The molecule has 36 heavy (non-hydrogen) atoms. The van der Waals surface area contributed by atoms with Crippen molar-refractivity contribution in [3.63, 3.8) is 0 Å². The van der Waals surface area contributed by atoms with E-state index >= 15 is 0 Å². The van der Waals surface area contributed by atoms with Crippen LogP contribution in [-0.4, -0.2) is 50.5 Å². The molecule has 0 aliphatic rings. The summed E-state index contributed by atoms with van der Waals surface area (Å²) in [7, 11) is -3.80. The lowest BCUT2D eigenvalue weighted by molar-refractivity contribution is -0.140. The van der Waals surface area contributed by atoms with Gasteiger partial charge in [0, 0.05) is 23.1 Å². The van der Waals surface area contributed by atoms with Gasteiger partial charge in [-0.3, -0.25) is 13.9 Å². The van der Waals surface area contributed by atoms with Crippen LogP contribution < -0.4 is 9.62 Å². The van der Waals surface area contributed by atoms with E-state index in [1.54, 1.807) is 37.3 Å². The molecule has 2 rings (SSSR count). The molecule has 0 heterocycles. The Balaban J connectivity index is 2.47. The monoisotopic (exact) mass is 555 g/mol. The van der Waals surface area contributed by atoms with Gasteiger partial charge in [0.1, 0.15) is 12.6 Å². The van der Waals surface area contributed by atoms with E-state index in [0.29, 0.717) is 34.3 Å². The first-order valence-corrected chi connectivity index (χ1v) is 14.6. The number of carbonyl (C=O) groups excluding carboxylic acids is 2. The van der Waals surface area contributed by atoms with Crippen LogP contribution in [0.15, 0.2) is 36.4 Å². The number of sulfonamides is 1. The fraction of sp³-hybridized carbons (Fsp3) is 0.462. The highest BCUT2D eigenvalue weighted by Gasteiger charge is 2.32. The van der Waals surface area contributed by atoms with Crippen LogP contribution in [-0.2, 0) is 26.2 Å². The van der Waals surface area contributed by atoms with E-state index in [9.17, 15) is 18.0 Å². The number of hydrogen-bond acceptors (Lipinski definition) is 4. The lowest BCUT2D eigenvalue weighted by Crippen LogP contribution is -2.52. The van der Waals surface area contributed by atoms with Gasteiger partial charge in [-0.1, -0.05) is 67.2 Å². The molecule has 0 saturated carbocycles. The van der Waals surface area contributed by atoms with Gasteiger partial charge in [0.25, 0.3) is 0 Å². The van der Waals surface area contributed by atoms with Gasteiger partial charge < -0.3 is 10.2 Å². The number of benzene rings is 2. The SMILES string of the molecule is CCCCNC(=O)[C@@H](CC)N(Cc1ccc(Cl)cc1Cl)C(=O)CN(c1ccc(C)cc1C)S(C)(=O)=O. The molecular weight excluding hydrogens is 521 g/mol. The van der Waals surface area contributed by atoms with Gasteiger partial charge in [-0.2, -0.15) is 0 Å². The molecular formula is C26H35Cl2N3O4S. The zero-order chi connectivity index (χ0) is 27.0. The summed E-state index contributed by atoms with van der Waals surface area (Å²) in [5.41, 5.74) is 2.72. The van der Waals surface area contributed by atoms with Crippen LogP contribution in [0, 0.1) is 13.8 Å². The molecule has 0 bridgehead atoms. The van der Waals surface area contributed by atoms with E-state index in [1.165, 1.54) is 4.90 Å². The Morgan fingerprint density at radius 3 is 2.31 bits per heavy atom. The number of unbranched alkanes of at least 4 members (excludes halogenated alkanes) is 1. The van der Waals surface area contributed by atoms with Crippen LogP contribution in [0.1, 0.15) is 49.8 Å². The van der Waals surface area contributed by atoms with Crippen LogP contribution in [0.5, 0.6) is 0 Å². The Bertz CT molecular complexity index is 1190. The molecule has 0 saturated heterocycles. The van der Waals surface area contributed by atoms with E-state index < -0.39 is 28.5 Å².